The summed E-state index contributed by atoms with van der Waals surface area (Å²) in [5, 5.41) is 0. The Morgan fingerprint density at radius 2 is 1.95 bits per heavy atom. The van der Waals surface area contributed by atoms with E-state index in [9.17, 15) is 9.59 Å². The van der Waals surface area contributed by atoms with Crippen molar-refractivity contribution in [2.75, 3.05) is 13.2 Å². The molecule has 0 bridgehead atoms. The second kappa shape index (κ2) is 7.92. The van der Waals surface area contributed by atoms with Gasteiger partial charge in [0.2, 0.25) is 0 Å². The van der Waals surface area contributed by atoms with Crippen LogP contribution >= 0.6 is 0 Å². The second-order valence-electron chi connectivity index (χ2n) is 3.68. The SMILES string of the molecule is C=NC(=NCC(=O)CC(=O)OCC)c1ccccc1. The smallest absolute Gasteiger partial charge is 0.313 e. The Balaban J connectivity index is 2.61. The minimum Gasteiger partial charge on any atom is -0.466 e. The molecule has 0 unspecified atom stereocenters. The molecule has 0 radical (unpaired) electrons. The molecule has 5 nitrogen and oxygen atoms in total. The Hall–Kier alpha value is -2.30. The third-order valence-electron chi connectivity index (χ3n) is 2.23. The number of carbonyl (C=O) groups is 2. The summed E-state index contributed by atoms with van der Waals surface area (Å²) in [4.78, 5) is 30.5. The number of Topliss-reactive ketones (excluding diaryl/α,β-unsaturated/α-hetero) is 1. The number of aliphatic imine (C=N–C) groups is 2. The van der Waals surface area contributed by atoms with Crippen LogP contribution in [0.25, 0.3) is 0 Å². The van der Waals surface area contributed by atoms with Crippen LogP contribution in [0.5, 0.6) is 0 Å². The van der Waals surface area contributed by atoms with Crippen LogP contribution in [0.3, 0.4) is 0 Å². The molecule has 5 heteroatoms. The molecule has 0 fully saturated rings. The first-order valence-corrected chi connectivity index (χ1v) is 5.91. The molecule has 100 valence electrons. The number of esters is 1. The summed E-state index contributed by atoms with van der Waals surface area (Å²) in [6, 6.07) is 9.20. The van der Waals surface area contributed by atoms with Crippen LogP contribution in [0.1, 0.15) is 18.9 Å². The number of benzene rings is 1. The van der Waals surface area contributed by atoms with Crippen molar-refractivity contribution >= 4 is 24.3 Å². The molecule has 0 spiro atoms. The first-order chi connectivity index (χ1) is 9.17. The van der Waals surface area contributed by atoms with Crippen LogP contribution in [0.2, 0.25) is 0 Å². The number of hydrogen-bond acceptors (Lipinski definition) is 4. The van der Waals surface area contributed by atoms with E-state index in [-0.39, 0.29) is 25.4 Å². The van der Waals surface area contributed by atoms with E-state index in [1.807, 2.05) is 30.3 Å². The maximum atomic E-state index is 11.5. The first kappa shape index (κ1) is 14.8. The van der Waals surface area contributed by atoms with Gasteiger partial charge in [0.15, 0.2) is 11.6 Å². The van der Waals surface area contributed by atoms with Crippen molar-refractivity contribution < 1.29 is 14.3 Å². The summed E-state index contributed by atoms with van der Waals surface area (Å²) in [7, 11) is 0. The van der Waals surface area contributed by atoms with Crippen molar-refractivity contribution in [2.24, 2.45) is 9.98 Å². The number of nitrogens with zero attached hydrogens (tertiary/aromatic N) is 2. The molecular formula is C14H16N2O3. The predicted octanol–water partition coefficient (Wildman–Crippen LogP) is 1.66. The molecular weight excluding hydrogens is 244 g/mol. The minimum atomic E-state index is -0.532. The van der Waals surface area contributed by atoms with Crippen molar-refractivity contribution in [3.63, 3.8) is 0 Å². The van der Waals surface area contributed by atoms with Crippen LogP contribution < -0.4 is 0 Å². The van der Waals surface area contributed by atoms with Gasteiger partial charge in [-0.2, -0.15) is 0 Å². The maximum Gasteiger partial charge on any atom is 0.313 e. The Morgan fingerprint density at radius 3 is 2.53 bits per heavy atom. The fourth-order valence-corrected chi connectivity index (χ4v) is 1.41. The minimum absolute atomic E-state index is 0.109. The molecule has 0 saturated carbocycles. The van der Waals surface area contributed by atoms with E-state index >= 15 is 0 Å². The number of rotatable bonds is 6. The number of ether oxygens (including phenoxy) is 1. The predicted molar refractivity (Wildman–Crippen MR) is 73.7 cm³/mol. The molecule has 0 aliphatic carbocycles. The zero-order valence-corrected chi connectivity index (χ0v) is 10.8. The third kappa shape index (κ3) is 5.25. The topological polar surface area (TPSA) is 68.1 Å². The molecule has 19 heavy (non-hydrogen) atoms. The molecule has 0 heterocycles. The van der Waals surface area contributed by atoms with Crippen LogP contribution in [-0.2, 0) is 14.3 Å². The first-order valence-electron chi connectivity index (χ1n) is 5.91. The van der Waals surface area contributed by atoms with E-state index in [0.717, 1.165) is 5.56 Å². The molecule has 1 aromatic rings. The summed E-state index contributed by atoms with van der Waals surface area (Å²) in [5.74, 6) is -0.455. The highest BCUT2D eigenvalue weighted by molar-refractivity contribution is 6.03. The average Bonchev–Trinajstić information content (AvgIpc) is 2.41. The largest absolute Gasteiger partial charge is 0.466 e. The maximum absolute atomic E-state index is 11.5. The summed E-state index contributed by atoms with van der Waals surface area (Å²) in [5.41, 5.74) is 0.779. The highest BCUT2D eigenvalue weighted by Crippen LogP contribution is 2.02. The lowest BCUT2D eigenvalue weighted by Crippen LogP contribution is -2.14. The van der Waals surface area contributed by atoms with Crippen molar-refractivity contribution in [3.05, 3.63) is 35.9 Å². The van der Waals surface area contributed by atoms with Crippen molar-refractivity contribution in [1.82, 2.24) is 0 Å². The van der Waals surface area contributed by atoms with Crippen LogP contribution in [0.4, 0.5) is 0 Å². The van der Waals surface area contributed by atoms with Gasteiger partial charge in [0.25, 0.3) is 0 Å². The van der Waals surface area contributed by atoms with Gasteiger partial charge in [-0.25, -0.2) is 4.99 Å². The van der Waals surface area contributed by atoms with E-state index < -0.39 is 5.97 Å². The number of ketones is 1. The van der Waals surface area contributed by atoms with Gasteiger partial charge in [0, 0.05) is 5.56 Å². The fraction of sp³-hybridized carbons (Fsp3) is 0.286. The van der Waals surface area contributed by atoms with Gasteiger partial charge in [0.1, 0.15) is 13.0 Å². The van der Waals surface area contributed by atoms with Crippen LogP contribution in [-0.4, -0.2) is 37.5 Å². The van der Waals surface area contributed by atoms with Gasteiger partial charge in [0.05, 0.1) is 6.61 Å². The lowest BCUT2D eigenvalue weighted by molar-refractivity contribution is -0.145. The second-order valence-corrected chi connectivity index (χ2v) is 3.68. The standard InChI is InChI=1S/C14H16N2O3/c1-3-19-13(18)9-12(17)10-16-14(15-2)11-7-5-4-6-8-11/h4-8H,2-3,9-10H2,1H3. The van der Waals surface area contributed by atoms with Gasteiger partial charge < -0.3 is 4.74 Å². The number of hydrogen-bond donors (Lipinski definition) is 0. The average molecular weight is 260 g/mol. The van der Waals surface area contributed by atoms with Crippen molar-refractivity contribution in [1.29, 1.82) is 0 Å². The van der Waals surface area contributed by atoms with Crippen LogP contribution in [0.15, 0.2) is 40.3 Å². The van der Waals surface area contributed by atoms with Gasteiger partial charge >= 0.3 is 5.97 Å². The molecule has 1 rings (SSSR count). The van der Waals surface area contributed by atoms with Crippen LogP contribution in [0, 0.1) is 0 Å². The quantitative estimate of drug-likeness (QED) is 0.338. The van der Waals surface area contributed by atoms with Crippen molar-refractivity contribution in [3.8, 4) is 0 Å². The molecule has 0 atom stereocenters. The van der Waals surface area contributed by atoms with Crippen molar-refractivity contribution in [2.45, 2.75) is 13.3 Å². The zero-order valence-electron chi connectivity index (χ0n) is 10.8. The van der Waals surface area contributed by atoms with E-state index in [1.54, 1.807) is 6.92 Å². The molecule has 1 aromatic carbocycles. The van der Waals surface area contributed by atoms with Gasteiger partial charge in [-0.1, -0.05) is 30.3 Å². The molecule has 0 amide bonds. The molecule has 0 aliphatic heterocycles. The summed E-state index contributed by atoms with van der Waals surface area (Å²) in [6.07, 6.45) is -0.267. The van der Waals surface area contributed by atoms with Gasteiger partial charge in [-0.15, -0.1) is 0 Å². The third-order valence-corrected chi connectivity index (χ3v) is 2.23. The summed E-state index contributed by atoms with van der Waals surface area (Å²) >= 11 is 0. The molecule has 0 N–H and O–H groups in total. The molecule has 0 aliphatic rings. The Bertz CT molecular complexity index is 481. The van der Waals surface area contributed by atoms with E-state index in [4.69, 9.17) is 0 Å². The summed E-state index contributed by atoms with van der Waals surface area (Å²) in [6.45, 7) is 5.27. The Labute approximate surface area is 112 Å². The van der Waals surface area contributed by atoms with E-state index in [2.05, 4.69) is 21.4 Å². The lowest BCUT2D eigenvalue weighted by Gasteiger charge is -2.01. The number of amidine groups is 1. The van der Waals surface area contributed by atoms with E-state index in [1.165, 1.54) is 0 Å². The fourth-order valence-electron chi connectivity index (χ4n) is 1.41. The monoisotopic (exact) mass is 260 g/mol. The normalized spacial score (nSPS) is 10.9. The zero-order chi connectivity index (χ0) is 14.1. The lowest BCUT2D eigenvalue weighted by atomic mass is 10.2. The summed E-state index contributed by atoms with van der Waals surface area (Å²) < 4.78 is 4.69. The Kier molecular flexibility index (Phi) is 6.15. The Morgan fingerprint density at radius 1 is 1.26 bits per heavy atom. The highest BCUT2D eigenvalue weighted by atomic mass is 16.5. The van der Waals surface area contributed by atoms with Gasteiger partial charge in [-0.05, 0) is 13.6 Å². The van der Waals surface area contributed by atoms with E-state index in [0.29, 0.717) is 5.84 Å². The highest BCUT2D eigenvalue weighted by Gasteiger charge is 2.10. The molecule has 0 saturated heterocycles. The van der Waals surface area contributed by atoms with Gasteiger partial charge in [-0.3, -0.25) is 14.6 Å². The number of carbonyl (C=O) groups excluding carboxylic acids is 2. The molecule has 0 aromatic heterocycles.